The van der Waals surface area contributed by atoms with E-state index in [4.69, 9.17) is 4.74 Å². The molecule has 126 valence electrons. The Bertz CT molecular complexity index is 726. The van der Waals surface area contributed by atoms with E-state index in [0.717, 1.165) is 29.7 Å². The molecule has 0 spiro atoms. The first kappa shape index (κ1) is 16.5. The van der Waals surface area contributed by atoms with E-state index in [2.05, 4.69) is 29.4 Å². The number of benzene rings is 1. The zero-order chi connectivity index (χ0) is 17.2. The van der Waals surface area contributed by atoms with Gasteiger partial charge < -0.3 is 10.1 Å². The lowest BCUT2D eigenvalue weighted by Gasteiger charge is -2.31. The summed E-state index contributed by atoms with van der Waals surface area (Å²) in [5.41, 5.74) is 2.56. The van der Waals surface area contributed by atoms with Gasteiger partial charge in [0.15, 0.2) is 0 Å². The molecule has 24 heavy (non-hydrogen) atoms. The molecule has 1 amide bonds. The molecular formula is C20H24N2O2. The Morgan fingerprint density at radius 1 is 1.33 bits per heavy atom. The highest BCUT2D eigenvalue weighted by atomic mass is 16.5. The molecule has 2 aromatic rings. The van der Waals surface area contributed by atoms with E-state index in [1.165, 1.54) is 5.56 Å². The van der Waals surface area contributed by atoms with Gasteiger partial charge in [0.25, 0.3) is 0 Å². The lowest BCUT2D eigenvalue weighted by atomic mass is 9.84. The number of ether oxygens (including phenoxy) is 1. The number of pyridine rings is 1. The minimum absolute atomic E-state index is 0.00949. The summed E-state index contributed by atoms with van der Waals surface area (Å²) in [6, 6.07) is 9.97. The van der Waals surface area contributed by atoms with Crippen LogP contribution in [0.25, 0.3) is 0 Å². The Morgan fingerprint density at radius 2 is 2.17 bits per heavy atom. The number of nitrogens with one attached hydrogen (secondary N) is 1. The Kier molecular flexibility index (Phi) is 4.56. The molecule has 0 saturated carbocycles. The average Bonchev–Trinajstić information content (AvgIpc) is 2.62. The SMILES string of the molecule is CCc1cccc2c1OCCC2NC(=O)C(C)(C)c1cccnc1. The quantitative estimate of drug-likeness (QED) is 0.935. The highest BCUT2D eigenvalue weighted by Crippen LogP contribution is 2.36. The van der Waals surface area contributed by atoms with Gasteiger partial charge in [0.05, 0.1) is 18.1 Å². The van der Waals surface area contributed by atoms with Crippen molar-refractivity contribution in [1.82, 2.24) is 10.3 Å². The molecule has 1 atom stereocenters. The molecule has 1 aromatic carbocycles. The summed E-state index contributed by atoms with van der Waals surface area (Å²) in [7, 11) is 0. The first-order valence-electron chi connectivity index (χ1n) is 8.50. The molecule has 1 unspecified atom stereocenters. The molecule has 4 nitrogen and oxygen atoms in total. The van der Waals surface area contributed by atoms with Crippen molar-refractivity contribution in [2.75, 3.05) is 6.61 Å². The number of amides is 1. The van der Waals surface area contributed by atoms with Crippen LogP contribution in [0.15, 0.2) is 42.7 Å². The van der Waals surface area contributed by atoms with Crippen LogP contribution in [0.3, 0.4) is 0 Å². The molecule has 0 radical (unpaired) electrons. The number of fused-ring (bicyclic) bond motifs is 1. The summed E-state index contributed by atoms with van der Waals surface area (Å²) < 4.78 is 5.87. The predicted octanol–water partition coefficient (Wildman–Crippen LogP) is 3.56. The molecule has 1 N–H and O–H groups in total. The van der Waals surface area contributed by atoms with Gasteiger partial charge in [0, 0.05) is 24.4 Å². The van der Waals surface area contributed by atoms with Crippen LogP contribution in [0.4, 0.5) is 0 Å². The number of carbonyl (C=O) groups excluding carboxylic acids is 1. The van der Waals surface area contributed by atoms with Crippen LogP contribution in [0, 0.1) is 0 Å². The smallest absolute Gasteiger partial charge is 0.230 e. The van der Waals surface area contributed by atoms with Crippen molar-refractivity contribution in [2.45, 2.75) is 45.1 Å². The second kappa shape index (κ2) is 6.63. The summed E-state index contributed by atoms with van der Waals surface area (Å²) in [6.07, 6.45) is 5.19. The van der Waals surface area contributed by atoms with Crippen LogP contribution in [0.5, 0.6) is 5.75 Å². The third kappa shape index (κ3) is 3.01. The lowest BCUT2D eigenvalue weighted by Crippen LogP contribution is -2.43. The van der Waals surface area contributed by atoms with Crippen molar-refractivity contribution in [2.24, 2.45) is 0 Å². The van der Waals surface area contributed by atoms with E-state index in [0.29, 0.717) is 6.61 Å². The van der Waals surface area contributed by atoms with Gasteiger partial charge in [-0.25, -0.2) is 0 Å². The number of aromatic nitrogens is 1. The lowest BCUT2D eigenvalue weighted by molar-refractivity contribution is -0.126. The van der Waals surface area contributed by atoms with Gasteiger partial charge in [-0.15, -0.1) is 0 Å². The van der Waals surface area contributed by atoms with Gasteiger partial charge in [-0.3, -0.25) is 9.78 Å². The van der Waals surface area contributed by atoms with Gasteiger partial charge in [-0.1, -0.05) is 31.2 Å². The number of hydrogen-bond acceptors (Lipinski definition) is 3. The fourth-order valence-corrected chi connectivity index (χ4v) is 3.12. The third-order valence-electron chi connectivity index (χ3n) is 4.79. The summed E-state index contributed by atoms with van der Waals surface area (Å²) >= 11 is 0. The number of hydrogen-bond donors (Lipinski definition) is 1. The third-order valence-corrected chi connectivity index (χ3v) is 4.79. The minimum atomic E-state index is -0.630. The van der Waals surface area contributed by atoms with E-state index < -0.39 is 5.41 Å². The average molecular weight is 324 g/mol. The Labute approximate surface area is 143 Å². The molecule has 0 bridgehead atoms. The standard InChI is InChI=1S/C20H24N2O2/c1-4-14-7-5-9-16-17(10-12-24-18(14)16)22-19(23)20(2,3)15-8-6-11-21-13-15/h5-9,11,13,17H,4,10,12H2,1-3H3,(H,22,23). The highest BCUT2D eigenvalue weighted by Gasteiger charge is 2.33. The van der Waals surface area contributed by atoms with Crippen molar-refractivity contribution < 1.29 is 9.53 Å². The molecule has 0 saturated heterocycles. The molecule has 0 aliphatic carbocycles. The van der Waals surface area contributed by atoms with E-state index in [1.54, 1.807) is 12.4 Å². The number of carbonyl (C=O) groups is 1. The molecule has 0 fully saturated rings. The van der Waals surface area contributed by atoms with Gasteiger partial charge >= 0.3 is 0 Å². The van der Waals surface area contributed by atoms with Crippen LogP contribution >= 0.6 is 0 Å². The number of nitrogens with zero attached hydrogens (tertiary/aromatic N) is 1. The number of aryl methyl sites for hydroxylation is 1. The molecule has 1 aliphatic rings. The first-order chi connectivity index (χ1) is 11.5. The van der Waals surface area contributed by atoms with Crippen LogP contribution in [-0.2, 0) is 16.6 Å². The second-order valence-electron chi connectivity index (χ2n) is 6.72. The maximum atomic E-state index is 12.9. The summed E-state index contributed by atoms with van der Waals surface area (Å²) in [4.78, 5) is 17.1. The molecule has 4 heteroatoms. The summed E-state index contributed by atoms with van der Waals surface area (Å²) in [5.74, 6) is 0.950. The first-order valence-corrected chi connectivity index (χ1v) is 8.50. The second-order valence-corrected chi connectivity index (χ2v) is 6.72. The highest BCUT2D eigenvalue weighted by molar-refractivity contribution is 5.87. The Hall–Kier alpha value is -2.36. The van der Waals surface area contributed by atoms with Gasteiger partial charge in [-0.2, -0.15) is 0 Å². The maximum absolute atomic E-state index is 12.9. The van der Waals surface area contributed by atoms with E-state index >= 15 is 0 Å². The van der Waals surface area contributed by atoms with Gasteiger partial charge in [0.1, 0.15) is 5.75 Å². The van der Waals surface area contributed by atoms with Crippen LogP contribution in [0.1, 0.15) is 49.9 Å². The monoisotopic (exact) mass is 324 g/mol. The van der Waals surface area contributed by atoms with Gasteiger partial charge in [-0.05, 0) is 37.5 Å². The largest absolute Gasteiger partial charge is 0.493 e. The molecule has 3 rings (SSSR count). The predicted molar refractivity (Wildman–Crippen MR) is 94.1 cm³/mol. The fraction of sp³-hybridized carbons (Fsp3) is 0.400. The zero-order valence-electron chi connectivity index (χ0n) is 14.5. The zero-order valence-corrected chi connectivity index (χ0v) is 14.5. The number of rotatable bonds is 4. The van der Waals surface area contributed by atoms with Crippen molar-refractivity contribution in [3.05, 3.63) is 59.4 Å². The fourth-order valence-electron chi connectivity index (χ4n) is 3.12. The van der Waals surface area contributed by atoms with Crippen LogP contribution in [-0.4, -0.2) is 17.5 Å². The van der Waals surface area contributed by atoms with E-state index in [9.17, 15) is 4.79 Å². The molecular weight excluding hydrogens is 300 g/mol. The van der Waals surface area contributed by atoms with E-state index in [1.807, 2.05) is 32.0 Å². The van der Waals surface area contributed by atoms with Crippen LogP contribution < -0.4 is 10.1 Å². The van der Waals surface area contributed by atoms with E-state index in [-0.39, 0.29) is 11.9 Å². The van der Waals surface area contributed by atoms with Crippen molar-refractivity contribution in [3.63, 3.8) is 0 Å². The molecule has 1 aromatic heterocycles. The Balaban J connectivity index is 1.84. The maximum Gasteiger partial charge on any atom is 0.230 e. The van der Waals surface area contributed by atoms with Gasteiger partial charge in [0.2, 0.25) is 5.91 Å². The minimum Gasteiger partial charge on any atom is -0.493 e. The van der Waals surface area contributed by atoms with Crippen molar-refractivity contribution >= 4 is 5.91 Å². The molecule has 1 aliphatic heterocycles. The number of para-hydroxylation sites is 1. The topological polar surface area (TPSA) is 51.2 Å². The van der Waals surface area contributed by atoms with Crippen LogP contribution in [0.2, 0.25) is 0 Å². The normalized spacial score (nSPS) is 16.9. The van der Waals surface area contributed by atoms with Crippen molar-refractivity contribution in [1.29, 1.82) is 0 Å². The Morgan fingerprint density at radius 3 is 2.88 bits per heavy atom. The summed E-state index contributed by atoms with van der Waals surface area (Å²) in [5, 5.41) is 3.22. The van der Waals surface area contributed by atoms with Crippen molar-refractivity contribution in [3.8, 4) is 5.75 Å². The molecule has 2 heterocycles. The summed E-state index contributed by atoms with van der Waals surface area (Å²) in [6.45, 7) is 6.61.